The Labute approximate surface area is 120 Å². The number of hydrogen-bond acceptors (Lipinski definition) is 3. The first-order valence-electron chi connectivity index (χ1n) is 5.89. The Bertz CT molecular complexity index is 686. The first-order valence-corrected chi connectivity index (χ1v) is 6.77. The summed E-state index contributed by atoms with van der Waals surface area (Å²) in [5.41, 5.74) is 8.49. The molecule has 0 radical (unpaired) electrons. The molecule has 0 aliphatic rings. The van der Waals surface area contributed by atoms with Gasteiger partial charge in [-0.25, -0.2) is 0 Å². The molecule has 2 N–H and O–H groups in total. The van der Waals surface area contributed by atoms with Gasteiger partial charge in [-0.1, -0.05) is 23.9 Å². The first-order chi connectivity index (χ1) is 9.47. The molecule has 2 aromatic rings. The number of anilines is 1. The summed E-state index contributed by atoms with van der Waals surface area (Å²) in [6, 6.07) is 8.84. The zero-order valence-corrected chi connectivity index (χ0v) is 11.8. The molecule has 20 heavy (non-hydrogen) atoms. The van der Waals surface area contributed by atoms with Crippen LogP contribution in [0.2, 0.25) is 0 Å². The monoisotopic (exact) mass is 293 g/mol. The Morgan fingerprint density at radius 2 is 1.95 bits per heavy atom. The van der Waals surface area contributed by atoms with Crippen LogP contribution in [-0.4, -0.2) is 10.3 Å². The van der Waals surface area contributed by atoms with Crippen LogP contribution in [0.3, 0.4) is 0 Å². The molecule has 0 aliphatic carbocycles. The van der Waals surface area contributed by atoms with Crippen molar-refractivity contribution in [2.45, 2.75) is 24.5 Å². The van der Waals surface area contributed by atoms with Gasteiger partial charge in [-0.2, -0.15) is 14.0 Å². The van der Waals surface area contributed by atoms with E-state index >= 15 is 0 Å². The van der Waals surface area contributed by atoms with Crippen LogP contribution in [0.15, 0.2) is 29.2 Å². The molecule has 0 saturated carbocycles. The molecular weight excluding hydrogens is 280 g/mol. The molecule has 0 fully saturated rings. The van der Waals surface area contributed by atoms with Crippen LogP contribution in [0.1, 0.15) is 16.8 Å². The summed E-state index contributed by atoms with van der Waals surface area (Å²) in [6.07, 6.45) is 0. The van der Waals surface area contributed by atoms with E-state index in [1.807, 2.05) is 6.92 Å². The van der Waals surface area contributed by atoms with Crippen molar-refractivity contribution in [2.24, 2.45) is 0 Å². The SMILES string of the molecule is Cc1c(C#N)c(N)n(-c2ccccc2SC(F)F)c1C. The maximum Gasteiger partial charge on any atom is 0.288 e. The average molecular weight is 293 g/mol. The highest BCUT2D eigenvalue weighted by Gasteiger charge is 2.19. The second-order valence-electron chi connectivity index (χ2n) is 4.26. The zero-order chi connectivity index (χ0) is 14.9. The number of alkyl halides is 2. The van der Waals surface area contributed by atoms with Crippen molar-refractivity contribution in [2.75, 3.05) is 5.73 Å². The second kappa shape index (κ2) is 5.55. The number of rotatable bonds is 3. The van der Waals surface area contributed by atoms with Crippen LogP contribution in [0, 0.1) is 25.2 Å². The third-order valence-electron chi connectivity index (χ3n) is 3.18. The van der Waals surface area contributed by atoms with Gasteiger partial charge in [0.05, 0.1) is 11.3 Å². The predicted octanol–water partition coefficient (Wildman–Crippen LogP) is 3.86. The van der Waals surface area contributed by atoms with Crippen molar-refractivity contribution >= 4 is 17.6 Å². The van der Waals surface area contributed by atoms with E-state index in [2.05, 4.69) is 6.07 Å². The fourth-order valence-corrected chi connectivity index (χ4v) is 2.75. The van der Waals surface area contributed by atoms with Gasteiger partial charge in [-0.3, -0.25) is 4.57 Å². The van der Waals surface area contributed by atoms with Gasteiger partial charge >= 0.3 is 0 Å². The molecule has 2 rings (SSSR count). The maximum absolute atomic E-state index is 12.6. The van der Waals surface area contributed by atoms with E-state index in [4.69, 9.17) is 11.0 Å². The Hall–Kier alpha value is -2.00. The molecule has 0 aliphatic heterocycles. The Kier molecular flexibility index (Phi) is 4.00. The number of nitriles is 1. The molecular formula is C14H13F2N3S. The fourth-order valence-electron chi connectivity index (χ4n) is 2.12. The van der Waals surface area contributed by atoms with E-state index in [1.54, 1.807) is 35.8 Å². The van der Waals surface area contributed by atoms with Gasteiger partial charge in [-0.05, 0) is 31.5 Å². The van der Waals surface area contributed by atoms with E-state index in [1.165, 1.54) is 0 Å². The number of nitrogens with two attached hydrogens (primary N) is 1. The summed E-state index contributed by atoms with van der Waals surface area (Å²) in [4.78, 5) is 0.428. The number of aromatic nitrogens is 1. The molecule has 0 saturated heterocycles. The highest BCUT2D eigenvalue weighted by molar-refractivity contribution is 7.99. The molecule has 0 bridgehead atoms. The molecule has 6 heteroatoms. The van der Waals surface area contributed by atoms with Gasteiger partial charge in [0.1, 0.15) is 11.9 Å². The van der Waals surface area contributed by atoms with E-state index in [9.17, 15) is 8.78 Å². The van der Waals surface area contributed by atoms with Crippen LogP contribution >= 0.6 is 11.8 Å². The van der Waals surface area contributed by atoms with Crippen molar-refractivity contribution < 1.29 is 8.78 Å². The van der Waals surface area contributed by atoms with Crippen LogP contribution in [0.25, 0.3) is 5.69 Å². The Morgan fingerprint density at radius 1 is 1.30 bits per heavy atom. The number of nitrogen functional groups attached to an aromatic ring is 1. The van der Waals surface area contributed by atoms with Crippen molar-refractivity contribution in [3.05, 3.63) is 41.1 Å². The smallest absolute Gasteiger partial charge is 0.288 e. The molecule has 0 amide bonds. The lowest BCUT2D eigenvalue weighted by atomic mass is 10.2. The number of benzene rings is 1. The minimum Gasteiger partial charge on any atom is -0.384 e. The molecule has 1 heterocycles. The Morgan fingerprint density at radius 3 is 2.50 bits per heavy atom. The summed E-state index contributed by atoms with van der Waals surface area (Å²) in [6.45, 7) is 3.61. The quantitative estimate of drug-likeness (QED) is 0.874. The van der Waals surface area contributed by atoms with Gasteiger partial charge in [0.25, 0.3) is 5.76 Å². The molecule has 0 spiro atoms. The standard InChI is InChI=1S/C14H13F2N3S/c1-8-9(2)19(13(18)10(8)7-17)11-5-3-4-6-12(11)20-14(15)16/h3-6,14H,18H2,1-2H3. The second-order valence-corrected chi connectivity index (χ2v) is 5.30. The summed E-state index contributed by atoms with van der Waals surface area (Å²) in [5.74, 6) is -2.23. The third kappa shape index (κ3) is 2.37. The predicted molar refractivity (Wildman–Crippen MR) is 76.2 cm³/mol. The molecule has 0 unspecified atom stereocenters. The summed E-state index contributed by atoms with van der Waals surface area (Å²) in [5, 5.41) is 9.13. The number of halogens is 2. The summed E-state index contributed by atoms with van der Waals surface area (Å²) in [7, 11) is 0. The highest BCUT2D eigenvalue weighted by atomic mass is 32.2. The van der Waals surface area contributed by atoms with E-state index in [0.29, 0.717) is 27.9 Å². The highest BCUT2D eigenvalue weighted by Crippen LogP contribution is 2.35. The van der Waals surface area contributed by atoms with Crippen LogP contribution in [0.4, 0.5) is 14.6 Å². The molecule has 1 aromatic carbocycles. The average Bonchev–Trinajstić information content (AvgIpc) is 2.61. The van der Waals surface area contributed by atoms with Crippen molar-refractivity contribution in [3.63, 3.8) is 0 Å². The van der Waals surface area contributed by atoms with Crippen LogP contribution in [0.5, 0.6) is 0 Å². The van der Waals surface area contributed by atoms with Gasteiger partial charge in [0.15, 0.2) is 0 Å². The van der Waals surface area contributed by atoms with E-state index in [0.717, 1.165) is 11.3 Å². The van der Waals surface area contributed by atoms with Gasteiger partial charge in [0, 0.05) is 10.6 Å². The van der Waals surface area contributed by atoms with E-state index in [-0.39, 0.29) is 5.82 Å². The number of nitrogens with zero attached hydrogens (tertiary/aromatic N) is 2. The normalized spacial score (nSPS) is 10.8. The molecule has 104 valence electrons. The zero-order valence-electron chi connectivity index (χ0n) is 11.0. The van der Waals surface area contributed by atoms with E-state index < -0.39 is 5.76 Å². The minimum atomic E-state index is -2.51. The lowest BCUT2D eigenvalue weighted by Crippen LogP contribution is -2.04. The topological polar surface area (TPSA) is 54.7 Å². The number of thioether (sulfide) groups is 1. The van der Waals surface area contributed by atoms with Crippen molar-refractivity contribution in [1.29, 1.82) is 5.26 Å². The van der Waals surface area contributed by atoms with Crippen LogP contribution < -0.4 is 5.73 Å². The lowest BCUT2D eigenvalue weighted by Gasteiger charge is -2.13. The minimum absolute atomic E-state index is 0.282. The molecule has 0 atom stereocenters. The fraction of sp³-hybridized carbons (Fsp3) is 0.214. The van der Waals surface area contributed by atoms with Crippen LogP contribution in [-0.2, 0) is 0 Å². The van der Waals surface area contributed by atoms with Gasteiger partial charge in [-0.15, -0.1) is 0 Å². The first kappa shape index (κ1) is 14.4. The van der Waals surface area contributed by atoms with Crippen molar-refractivity contribution in [3.8, 4) is 11.8 Å². The molecule has 1 aromatic heterocycles. The summed E-state index contributed by atoms with van der Waals surface area (Å²) >= 11 is 0.467. The van der Waals surface area contributed by atoms with Gasteiger partial charge in [0.2, 0.25) is 0 Å². The molecule has 3 nitrogen and oxygen atoms in total. The maximum atomic E-state index is 12.6. The number of hydrogen-bond donors (Lipinski definition) is 1. The summed E-state index contributed by atoms with van der Waals surface area (Å²) < 4.78 is 26.9. The van der Waals surface area contributed by atoms with Crippen molar-refractivity contribution in [1.82, 2.24) is 4.57 Å². The van der Waals surface area contributed by atoms with Gasteiger partial charge < -0.3 is 5.73 Å². The third-order valence-corrected chi connectivity index (χ3v) is 3.96. The lowest BCUT2D eigenvalue weighted by molar-refractivity contribution is 0.252. The largest absolute Gasteiger partial charge is 0.384 e. The Balaban J connectivity index is 2.67. The number of para-hydroxylation sites is 1.